The minimum absolute atomic E-state index is 0.0168. The van der Waals surface area contributed by atoms with Crippen LogP contribution < -0.4 is 0 Å². The largest absolute Gasteiger partial charge is 0.272 e. The fourth-order valence-electron chi connectivity index (χ4n) is 4.30. The van der Waals surface area contributed by atoms with Gasteiger partial charge >= 0.3 is 0 Å². The number of pyridine rings is 1. The minimum atomic E-state index is -0.127. The first-order chi connectivity index (χ1) is 13.6. The lowest BCUT2D eigenvalue weighted by atomic mass is 9.79. The molecule has 28 heavy (non-hydrogen) atoms. The molecule has 0 radical (unpaired) electrons. The maximum atomic E-state index is 13.1. The van der Waals surface area contributed by atoms with Crippen molar-refractivity contribution in [3.05, 3.63) is 52.8 Å². The highest BCUT2D eigenvalue weighted by Crippen LogP contribution is 2.37. The van der Waals surface area contributed by atoms with Gasteiger partial charge in [0, 0.05) is 36.6 Å². The fourth-order valence-corrected chi connectivity index (χ4v) is 4.48. The monoisotopic (exact) mass is 400 g/mol. The molecule has 1 aliphatic heterocycles. The van der Waals surface area contributed by atoms with Crippen LogP contribution in [-0.4, -0.2) is 32.5 Å². The summed E-state index contributed by atoms with van der Waals surface area (Å²) in [6.07, 6.45) is 12.3. The zero-order valence-electron chi connectivity index (χ0n) is 16.1. The zero-order valence-corrected chi connectivity index (χ0v) is 16.8. The SMILES string of the molecule is Cc1cc(CC2CCC(C(=O)N3OCC[C@H]3c3cnccn3)CC2)c(Cl)cn1. The summed E-state index contributed by atoms with van der Waals surface area (Å²) in [5.74, 6) is 0.659. The molecule has 0 bridgehead atoms. The molecular formula is C21H25ClN4O2. The molecule has 2 aromatic heterocycles. The first kappa shape index (κ1) is 19.3. The van der Waals surface area contributed by atoms with Gasteiger partial charge in [-0.3, -0.25) is 24.6 Å². The van der Waals surface area contributed by atoms with Gasteiger partial charge in [0.1, 0.15) is 6.04 Å². The van der Waals surface area contributed by atoms with Gasteiger partial charge in [0.05, 0.1) is 23.5 Å². The fraction of sp³-hybridized carbons (Fsp3) is 0.524. The third-order valence-electron chi connectivity index (χ3n) is 5.82. The molecule has 7 heteroatoms. The number of amides is 1. The number of carbonyl (C=O) groups excluding carboxylic acids is 1. The second-order valence-corrected chi connectivity index (χ2v) is 8.18. The van der Waals surface area contributed by atoms with E-state index >= 15 is 0 Å². The van der Waals surface area contributed by atoms with Gasteiger partial charge in [-0.1, -0.05) is 11.6 Å². The highest BCUT2D eigenvalue weighted by molar-refractivity contribution is 6.31. The lowest BCUT2D eigenvalue weighted by Crippen LogP contribution is -2.37. The molecule has 1 amide bonds. The van der Waals surface area contributed by atoms with Crippen molar-refractivity contribution in [1.82, 2.24) is 20.0 Å². The van der Waals surface area contributed by atoms with E-state index in [0.29, 0.717) is 12.5 Å². The molecule has 1 saturated carbocycles. The highest BCUT2D eigenvalue weighted by Gasteiger charge is 2.37. The third-order valence-corrected chi connectivity index (χ3v) is 6.16. The maximum absolute atomic E-state index is 13.1. The summed E-state index contributed by atoms with van der Waals surface area (Å²) in [4.78, 5) is 31.5. The molecule has 1 saturated heterocycles. The van der Waals surface area contributed by atoms with E-state index in [-0.39, 0.29) is 17.9 Å². The van der Waals surface area contributed by atoms with Gasteiger partial charge in [0.2, 0.25) is 5.91 Å². The molecule has 4 rings (SSSR count). The Kier molecular flexibility index (Phi) is 5.87. The molecule has 0 spiro atoms. The standard InChI is InChI=1S/C21H25ClN4O2/c1-14-10-17(18(22)12-25-14)11-15-2-4-16(5-3-15)21(27)26-20(6-9-28-26)19-13-23-7-8-24-19/h7-8,10,12-13,15-16,20H,2-6,9,11H2,1H3/t15?,16?,20-/m0/s1. The number of nitrogens with zero attached hydrogens (tertiary/aromatic N) is 4. The second-order valence-electron chi connectivity index (χ2n) is 7.77. The van der Waals surface area contributed by atoms with Crippen LogP contribution in [0.3, 0.4) is 0 Å². The smallest absolute Gasteiger partial charge is 0.249 e. The summed E-state index contributed by atoms with van der Waals surface area (Å²) in [7, 11) is 0. The first-order valence-corrected chi connectivity index (χ1v) is 10.3. The van der Waals surface area contributed by atoms with Gasteiger partial charge < -0.3 is 0 Å². The minimum Gasteiger partial charge on any atom is -0.272 e. The van der Waals surface area contributed by atoms with Crippen LogP contribution in [-0.2, 0) is 16.1 Å². The summed E-state index contributed by atoms with van der Waals surface area (Å²) in [5, 5.41) is 2.29. The van der Waals surface area contributed by atoms with Crippen LogP contribution in [0.5, 0.6) is 0 Å². The van der Waals surface area contributed by atoms with E-state index in [0.717, 1.165) is 60.5 Å². The number of hydrogen-bond acceptors (Lipinski definition) is 5. The van der Waals surface area contributed by atoms with Crippen LogP contribution in [0.25, 0.3) is 0 Å². The summed E-state index contributed by atoms with van der Waals surface area (Å²) in [6.45, 7) is 2.53. The van der Waals surface area contributed by atoms with Crippen molar-refractivity contribution in [2.45, 2.75) is 51.5 Å². The van der Waals surface area contributed by atoms with E-state index < -0.39 is 0 Å². The van der Waals surface area contributed by atoms with E-state index in [1.54, 1.807) is 29.9 Å². The molecule has 1 atom stereocenters. The number of rotatable bonds is 4. The average Bonchev–Trinajstić information content (AvgIpc) is 3.21. The van der Waals surface area contributed by atoms with Crippen molar-refractivity contribution >= 4 is 17.5 Å². The topological polar surface area (TPSA) is 68.2 Å². The Hall–Kier alpha value is -2.05. The Labute approximate surface area is 170 Å². The van der Waals surface area contributed by atoms with Gasteiger partial charge in [0.15, 0.2) is 0 Å². The van der Waals surface area contributed by atoms with Crippen LogP contribution in [0.4, 0.5) is 0 Å². The summed E-state index contributed by atoms with van der Waals surface area (Å²) in [5.41, 5.74) is 2.95. The summed E-state index contributed by atoms with van der Waals surface area (Å²) in [6, 6.07) is 1.95. The van der Waals surface area contributed by atoms with Crippen molar-refractivity contribution in [3.8, 4) is 0 Å². The first-order valence-electron chi connectivity index (χ1n) is 9.94. The van der Waals surface area contributed by atoms with Crippen molar-refractivity contribution in [3.63, 3.8) is 0 Å². The van der Waals surface area contributed by atoms with Gasteiger partial charge in [-0.05, 0) is 56.6 Å². The molecular weight excluding hydrogens is 376 g/mol. The van der Waals surface area contributed by atoms with E-state index in [1.807, 2.05) is 6.92 Å². The van der Waals surface area contributed by atoms with Crippen molar-refractivity contribution in [1.29, 1.82) is 0 Å². The van der Waals surface area contributed by atoms with Gasteiger partial charge in [0.25, 0.3) is 0 Å². The number of aryl methyl sites for hydroxylation is 1. The molecule has 1 aliphatic carbocycles. The lowest BCUT2D eigenvalue weighted by molar-refractivity contribution is -0.183. The normalized spacial score (nSPS) is 25.1. The van der Waals surface area contributed by atoms with E-state index in [9.17, 15) is 4.79 Å². The molecule has 0 unspecified atom stereocenters. The predicted molar refractivity (Wildman–Crippen MR) is 105 cm³/mol. The molecule has 2 aliphatic rings. The van der Waals surface area contributed by atoms with Crippen LogP contribution in [0.15, 0.2) is 30.9 Å². The Balaban J connectivity index is 1.35. The van der Waals surface area contributed by atoms with E-state index in [4.69, 9.17) is 16.4 Å². The van der Waals surface area contributed by atoms with Crippen LogP contribution in [0.2, 0.25) is 5.02 Å². The highest BCUT2D eigenvalue weighted by atomic mass is 35.5. The number of carbonyl (C=O) groups is 1. The quantitative estimate of drug-likeness (QED) is 0.773. The summed E-state index contributed by atoms with van der Waals surface area (Å²) >= 11 is 6.30. The van der Waals surface area contributed by atoms with E-state index in [1.165, 1.54) is 0 Å². The Bertz CT molecular complexity index is 824. The molecule has 2 aromatic rings. The molecule has 6 nitrogen and oxygen atoms in total. The Morgan fingerprint density at radius 1 is 1.18 bits per heavy atom. The Morgan fingerprint density at radius 3 is 2.75 bits per heavy atom. The van der Waals surface area contributed by atoms with Gasteiger partial charge in [-0.2, -0.15) is 0 Å². The zero-order chi connectivity index (χ0) is 19.5. The van der Waals surface area contributed by atoms with Crippen LogP contribution >= 0.6 is 11.6 Å². The number of aromatic nitrogens is 3. The molecule has 0 aromatic carbocycles. The molecule has 3 heterocycles. The van der Waals surface area contributed by atoms with Crippen molar-refractivity contribution in [2.75, 3.05) is 6.61 Å². The van der Waals surface area contributed by atoms with Crippen LogP contribution in [0, 0.1) is 18.8 Å². The van der Waals surface area contributed by atoms with Crippen LogP contribution in [0.1, 0.15) is 55.1 Å². The molecule has 148 valence electrons. The van der Waals surface area contributed by atoms with Gasteiger partial charge in [-0.25, -0.2) is 5.06 Å². The number of hydrogen-bond donors (Lipinski definition) is 0. The third kappa shape index (κ3) is 4.18. The van der Waals surface area contributed by atoms with Gasteiger partial charge in [-0.15, -0.1) is 0 Å². The second kappa shape index (κ2) is 8.53. The predicted octanol–water partition coefficient (Wildman–Crippen LogP) is 4.09. The maximum Gasteiger partial charge on any atom is 0.249 e. The molecule has 2 fully saturated rings. The average molecular weight is 401 g/mol. The number of halogens is 1. The number of hydroxylamine groups is 2. The summed E-state index contributed by atoms with van der Waals surface area (Å²) < 4.78 is 0. The van der Waals surface area contributed by atoms with Crippen molar-refractivity contribution in [2.24, 2.45) is 11.8 Å². The molecule has 0 N–H and O–H groups in total. The lowest BCUT2D eigenvalue weighted by Gasteiger charge is -2.31. The van der Waals surface area contributed by atoms with Crippen molar-refractivity contribution < 1.29 is 9.63 Å². The van der Waals surface area contributed by atoms with E-state index in [2.05, 4.69) is 21.0 Å². The Morgan fingerprint density at radius 2 is 2.00 bits per heavy atom.